The van der Waals surface area contributed by atoms with Crippen LogP contribution in [0.5, 0.6) is 0 Å². The Morgan fingerprint density at radius 2 is 2.08 bits per heavy atom. The molecule has 1 aromatic rings. The molecule has 13 heavy (non-hydrogen) atoms. The van der Waals surface area contributed by atoms with Crippen LogP contribution >= 0.6 is 0 Å². The molecule has 0 atom stereocenters. The van der Waals surface area contributed by atoms with Crippen molar-refractivity contribution in [2.45, 2.75) is 0 Å². The van der Waals surface area contributed by atoms with Crippen LogP contribution in [0, 0.1) is 0 Å². The maximum Gasteiger partial charge on any atom is 0.249 e. The molecule has 0 N–H and O–H groups in total. The van der Waals surface area contributed by atoms with Crippen LogP contribution < -0.4 is 0 Å². The molecular formula is C9H5N3O. The van der Waals surface area contributed by atoms with Crippen LogP contribution in [0.1, 0.15) is 0 Å². The molecule has 0 radical (unpaired) electrons. The molecule has 3 rings (SSSR count). The summed E-state index contributed by atoms with van der Waals surface area (Å²) in [6.07, 6.45) is 1.29. The first kappa shape index (κ1) is 6.54. The van der Waals surface area contributed by atoms with Crippen molar-refractivity contribution in [3.05, 3.63) is 30.7 Å². The van der Waals surface area contributed by atoms with Crippen LogP contribution in [0.15, 0.2) is 35.1 Å². The lowest BCUT2D eigenvalue weighted by molar-refractivity contribution is 0.513. The molecule has 62 valence electrons. The van der Waals surface area contributed by atoms with Gasteiger partial charge in [-0.25, -0.2) is 4.98 Å². The highest BCUT2D eigenvalue weighted by atomic mass is 16.3. The second-order valence-corrected chi connectivity index (χ2v) is 2.72. The van der Waals surface area contributed by atoms with E-state index in [4.69, 9.17) is 4.42 Å². The summed E-state index contributed by atoms with van der Waals surface area (Å²) in [7, 11) is 0. The van der Waals surface area contributed by atoms with Crippen molar-refractivity contribution in [1.29, 1.82) is 0 Å². The molecule has 2 heterocycles. The van der Waals surface area contributed by atoms with Crippen molar-refractivity contribution in [2.24, 2.45) is 0 Å². The number of hydrogen-bond acceptors (Lipinski definition) is 4. The van der Waals surface area contributed by atoms with E-state index in [9.17, 15) is 0 Å². The lowest BCUT2D eigenvalue weighted by atomic mass is 10.2. The van der Waals surface area contributed by atoms with Crippen LogP contribution in [0.4, 0.5) is 0 Å². The van der Waals surface area contributed by atoms with Gasteiger partial charge in [0.15, 0.2) is 5.69 Å². The third-order valence-electron chi connectivity index (χ3n) is 1.95. The summed E-state index contributed by atoms with van der Waals surface area (Å²) in [5.41, 5.74) is 1.61. The summed E-state index contributed by atoms with van der Waals surface area (Å²) in [5.74, 6) is 0.538. The highest BCUT2D eigenvalue weighted by molar-refractivity contribution is 5.93. The Hall–Kier alpha value is -1.97. The van der Waals surface area contributed by atoms with Gasteiger partial charge in [0.25, 0.3) is 0 Å². The monoisotopic (exact) mass is 171 g/mol. The SMILES string of the molecule is c1ccc2c3nncoc-3nc2c1. The molecular weight excluding hydrogens is 166 g/mol. The Morgan fingerprint density at radius 1 is 1.15 bits per heavy atom. The highest BCUT2D eigenvalue weighted by Gasteiger charge is 2.14. The third kappa shape index (κ3) is 0.823. The Morgan fingerprint density at radius 3 is 3.08 bits per heavy atom. The molecule has 0 bridgehead atoms. The average molecular weight is 171 g/mol. The van der Waals surface area contributed by atoms with Gasteiger partial charge in [-0.05, 0) is 6.07 Å². The van der Waals surface area contributed by atoms with Gasteiger partial charge in [0.1, 0.15) is 0 Å². The van der Waals surface area contributed by atoms with E-state index in [1.54, 1.807) is 0 Å². The summed E-state index contributed by atoms with van der Waals surface area (Å²) in [6, 6.07) is 7.75. The first-order valence-electron chi connectivity index (χ1n) is 3.90. The zero-order chi connectivity index (χ0) is 8.67. The predicted molar refractivity (Wildman–Crippen MR) is 46.2 cm³/mol. The minimum atomic E-state index is 0.538. The van der Waals surface area contributed by atoms with Gasteiger partial charge in [-0.3, -0.25) is 0 Å². The van der Waals surface area contributed by atoms with Crippen LogP contribution in [0.25, 0.3) is 22.5 Å². The summed E-state index contributed by atoms with van der Waals surface area (Å²) >= 11 is 0. The van der Waals surface area contributed by atoms with E-state index in [0.717, 1.165) is 16.6 Å². The molecule has 4 heteroatoms. The van der Waals surface area contributed by atoms with E-state index >= 15 is 0 Å². The molecule has 0 saturated heterocycles. The normalized spacial score (nSPS) is 11.1. The van der Waals surface area contributed by atoms with Crippen LogP contribution in [0.3, 0.4) is 0 Å². The smallest absolute Gasteiger partial charge is 0.249 e. The summed E-state index contributed by atoms with van der Waals surface area (Å²) in [5, 5.41) is 8.62. The molecule has 0 spiro atoms. The number of fused-ring (bicyclic) bond motifs is 3. The van der Waals surface area contributed by atoms with Crippen molar-refractivity contribution in [3.63, 3.8) is 0 Å². The molecule has 1 aromatic carbocycles. The largest absolute Gasteiger partial charge is 0.423 e. The van der Waals surface area contributed by atoms with Gasteiger partial charge < -0.3 is 4.42 Å². The predicted octanol–water partition coefficient (Wildman–Crippen LogP) is 1.72. The molecule has 2 aliphatic heterocycles. The highest BCUT2D eigenvalue weighted by Crippen LogP contribution is 2.27. The molecule has 0 saturated carbocycles. The lowest BCUT2D eigenvalue weighted by Gasteiger charge is -1.90. The minimum absolute atomic E-state index is 0.538. The Balaban J connectivity index is 2.56. The Bertz CT molecular complexity index is 531. The van der Waals surface area contributed by atoms with Gasteiger partial charge in [0.2, 0.25) is 12.3 Å². The fourth-order valence-corrected chi connectivity index (χ4v) is 1.38. The Kier molecular flexibility index (Phi) is 1.14. The van der Waals surface area contributed by atoms with Gasteiger partial charge in [0, 0.05) is 5.39 Å². The number of rotatable bonds is 0. The van der Waals surface area contributed by atoms with Gasteiger partial charge in [-0.2, -0.15) is 0 Å². The number of aromatic nitrogens is 3. The zero-order valence-electron chi connectivity index (χ0n) is 6.64. The number of hydrogen-bond donors (Lipinski definition) is 0. The fourth-order valence-electron chi connectivity index (χ4n) is 1.38. The van der Waals surface area contributed by atoms with E-state index in [-0.39, 0.29) is 0 Å². The first-order valence-corrected chi connectivity index (χ1v) is 3.90. The minimum Gasteiger partial charge on any atom is -0.423 e. The number of benzene rings is 1. The summed E-state index contributed by atoms with van der Waals surface area (Å²) in [6.45, 7) is 0. The molecule has 4 nitrogen and oxygen atoms in total. The van der Waals surface area contributed by atoms with E-state index in [0.29, 0.717) is 5.89 Å². The molecule has 0 aliphatic carbocycles. The van der Waals surface area contributed by atoms with Gasteiger partial charge >= 0.3 is 0 Å². The number of nitrogens with zero attached hydrogens (tertiary/aromatic N) is 3. The van der Waals surface area contributed by atoms with E-state index in [1.807, 2.05) is 24.3 Å². The maximum absolute atomic E-state index is 5.11. The molecule has 0 unspecified atom stereocenters. The topological polar surface area (TPSA) is 51.8 Å². The molecule has 0 fully saturated rings. The fraction of sp³-hybridized carbons (Fsp3) is 0. The van der Waals surface area contributed by atoms with Crippen molar-refractivity contribution in [2.75, 3.05) is 0 Å². The molecule has 0 aromatic heterocycles. The van der Waals surface area contributed by atoms with E-state index in [2.05, 4.69) is 15.2 Å². The quantitative estimate of drug-likeness (QED) is 0.516. The van der Waals surface area contributed by atoms with Gasteiger partial charge in [-0.1, -0.05) is 18.2 Å². The summed E-state index contributed by atoms with van der Waals surface area (Å²) < 4.78 is 5.11. The average Bonchev–Trinajstić information content (AvgIpc) is 2.56. The molecule has 2 aliphatic rings. The zero-order valence-corrected chi connectivity index (χ0v) is 6.64. The standard InChI is InChI=1S/C9H5N3O/c1-2-4-7-6(3-1)8-9(11-7)13-5-10-12-8/h1-5H. The van der Waals surface area contributed by atoms with Gasteiger partial charge in [-0.15, -0.1) is 10.2 Å². The van der Waals surface area contributed by atoms with E-state index in [1.165, 1.54) is 6.39 Å². The van der Waals surface area contributed by atoms with Crippen molar-refractivity contribution in [1.82, 2.24) is 15.2 Å². The van der Waals surface area contributed by atoms with E-state index < -0.39 is 0 Å². The third-order valence-corrected chi connectivity index (χ3v) is 1.95. The van der Waals surface area contributed by atoms with Crippen molar-refractivity contribution >= 4 is 10.9 Å². The lowest BCUT2D eigenvalue weighted by Crippen LogP contribution is -1.84. The van der Waals surface area contributed by atoms with Crippen molar-refractivity contribution < 1.29 is 4.42 Å². The second-order valence-electron chi connectivity index (χ2n) is 2.72. The van der Waals surface area contributed by atoms with Crippen molar-refractivity contribution in [3.8, 4) is 11.6 Å². The maximum atomic E-state index is 5.11. The Labute approximate surface area is 73.6 Å². The second kappa shape index (κ2) is 2.26. The van der Waals surface area contributed by atoms with Crippen LogP contribution in [-0.4, -0.2) is 15.2 Å². The number of para-hydroxylation sites is 1. The molecule has 0 amide bonds. The van der Waals surface area contributed by atoms with Gasteiger partial charge in [0.05, 0.1) is 5.52 Å². The first-order chi connectivity index (χ1) is 6.45. The van der Waals surface area contributed by atoms with Crippen LogP contribution in [0.2, 0.25) is 0 Å². The summed E-state index contributed by atoms with van der Waals surface area (Å²) in [4.78, 5) is 4.25. The van der Waals surface area contributed by atoms with Crippen LogP contribution in [-0.2, 0) is 0 Å².